The second-order valence-corrected chi connectivity index (χ2v) is 6.02. The van der Waals surface area contributed by atoms with Crippen molar-refractivity contribution in [3.63, 3.8) is 0 Å². The highest BCUT2D eigenvalue weighted by Gasteiger charge is 2.18. The summed E-state index contributed by atoms with van der Waals surface area (Å²) in [5.41, 5.74) is 1.86. The molecular weight excluding hydrogens is 298 g/mol. The fourth-order valence-electron chi connectivity index (χ4n) is 2.60. The third kappa shape index (κ3) is 4.51. The maximum absolute atomic E-state index is 12.1. The third-order valence-corrected chi connectivity index (χ3v) is 4.10. The summed E-state index contributed by atoms with van der Waals surface area (Å²) in [6, 6.07) is 7.55. The molecule has 1 amide bonds. The molecule has 0 aliphatic heterocycles. The van der Waals surface area contributed by atoms with Gasteiger partial charge in [0.05, 0.1) is 0 Å². The molecule has 4 nitrogen and oxygen atoms in total. The Morgan fingerprint density at radius 3 is 2.73 bits per heavy atom. The normalized spacial score (nSPS) is 16.0. The van der Waals surface area contributed by atoms with Gasteiger partial charge >= 0.3 is 0 Å². The Labute approximate surface area is 136 Å². The summed E-state index contributed by atoms with van der Waals surface area (Å²) in [7, 11) is 0. The van der Waals surface area contributed by atoms with E-state index in [0.717, 1.165) is 36.9 Å². The summed E-state index contributed by atoms with van der Waals surface area (Å²) in [6.45, 7) is 1.91. The van der Waals surface area contributed by atoms with Crippen LogP contribution >= 0.6 is 11.6 Å². The van der Waals surface area contributed by atoms with E-state index in [-0.39, 0.29) is 17.5 Å². The van der Waals surface area contributed by atoms with Crippen LogP contribution in [0.1, 0.15) is 37.7 Å². The molecule has 0 heterocycles. The average molecular weight is 318 g/mol. The van der Waals surface area contributed by atoms with Gasteiger partial charge in [-0.2, -0.15) is 5.26 Å². The van der Waals surface area contributed by atoms with Gasteiger partial charge in [0.1, 0.15) is 11.6 Å². The fraction of sp³-hybridized carbons (Fsp3) is 0.412. The first kappa shape index (κ1) is 16.4. The second-order valence-electron chi connectivity index (χ2n) is 5.58. The minimum Gasteiger partial charge on any atom is -0.360 e. The molecule has 0 unspecified atom stereocenters. The molecular formula is C17H20ClN3O. The maximum Gasteiger partial charge on any atom is 0.263 e. The summed E-state index contributed by atoms with van der Waals surface area (Å²) < 4.78 is 0. The molecule has 0 atom stereocenters. The molecule has 0 spiro atoms. The van der Waals surface area contributed by atoms with Gasteiger partial charge in [-0.15, -0.1) is 0 Å². The molecule has 1 aromatic rings. The third-order valence-electron chi connectivity index (χ3n) is 3.87. The van der Waals surface area contributed by atoms with Gasteiger partial charge in [-0.1, -0.05) is 30.9 Å². The predicted octanol–water partition coefficient (Wildman–Crippen LogP) is 3.92. The number of halogens is 1. The van der Waals surface area contributed by atoms with Crippen LogP contribution in [0.4, 0.5) is 5.69 Å². The SMILES string of the molecule is Cc1cc(Cl)ccc1N/C=C(/C#N)C(=O)NC1CCCCC1. The molecule has 1 saturated carbocycles. The van der Waals surface area contributed by atoms with Crippen LogP contribution in [0.25, 0.3) is 0 Å². The van der Waals surface area contributed by atoms with Gasteiger partial charge in [0.25, 0.3) is 5.91 Å². The molecule has 0 aromatic heterocycles. The van der Waals surface area contributed by atoms with Crippen LogP contribution in [0.15, 0.2) is 30.0 Å². The zero-order valence-electron chi connectivity index (χ0n) is 12.7. The number of carbonyl (C=O) groups is 1. The first-order valence-electron chi connectivity index (χ1n) is 7.54. The van der Waals surface area contributed by atoms with Crippen LogP contribution in [0.2, 0.25) is 5.02 Å². The molecule has 0 saturated heterocycles. The van der Waals surface area contributed by atoms with Crippen molar-refractivity contribution >= 4 is 23.2 Å². The van der Waals surface area contributed by atoms with Gasteiger partial charge in [0.15, 0.2) is 0 Å². The number of anilines is 1. The Kier molecular flexibility index (Phi) is 5.85. The lowest BCUT2D eigenvalue weighted by Crippen LogP contribution is -2.37. The molecule has 2 rings (SSSR count). The highest BCUT2D eigenvalue weighted by Crippen LogP contribution is 2.20. The lowest BCUT2D eigenvalue weighted by Gasteiger charge is -2.22. The highest BCUT2D eigenvalue weighted by molar-refractivity contribution is 6.30. The summed E-state index contributed by atoms with van der Waals surface area (Å²) in [4.78, 5) is 12.1. The molecule has 0 radical (unpaired) electrons. The lowest BCUT2D eigenvalue weighted by atomic mass is 9.95. The highest BCUT2D eigenvalue weighted by atomic mass is 35.5. The van der Waals surface area contributed by atoms with E-state index in [0.29, 0.717) is 5.02 Å². The summed E-state index contributed by atoms with van der Waals surface area (Å²) >= 11 is 5.91. The largest absolute Gasteiger partial charge is 0.360 e. The van der Waals surface area contributed by atoms with Crippen molar-refractivity contribution in [3.8, 4) is 6.07 Å². The minimum absolute atomic E-state index is 0.0833. The van der Waals surface area contributed by atoms with Crippen molar-refractivity contribution in [2.45, 2.75) is 45.1 Å². The second kappa shape index (κ2) is 7.86. The Morgan fingerprint density at radius 1 is 1.36 bits per heavy atom. The first-order valence-corrected chi connectivity index (χ1v) is 7.92. The molecule has 2 N–H and O–H groups in total. The topological polar surface area (TPSA) is 64.9 Å². The van der Waals surface area contributed by atoms with Gasteiger partial charge in [-0.3, -0.25) is 4.79 Å². The lowest BCUT2D eigenvalue weighted by molar-refractivity contribution is -0.118. The summed E-state index contributed by atoms with van der Waals surface area (Å²) in [6.07, 6.45) is 6.94. The molecule has 0 bridgehead atoms. The van der Waals surface area contributed by atoms with Crippen molar-refractivity contribution in [1.82, 2.24) is 5.32 Å². The van der Waals surface area contributed by atoms with Crippen LogP contribution < -0.4 is 10.6 Å². The molecule has 1 aliphatic carbocycles. The van der Waals surface area contributed by atoms with Gasteiger partial charge < -0.3 is 10.6 Å². The van der Waals surface area contributed by atoms with E-state index in [9.17, 15) is 10.1 Å². The minimum atomic E-state index is -0.312. The Balaban J connectivity index is 2.00. The van der Waals surface area contributed by atoms with Crippen LogP contribution in [0.3, 0.4) is 0 Å². The van der Waals surface area contributed by atoms with Gasteiger partial charge in [0, 0.05) is 23.0 Å². The first-order chi connectivity index (χ1) is 10.6. The number of hydrogen-bond acceptors (Lipinski definition) is 3. The number of nitrogens with one attached hydrogen (secondary N) is 2. The van der Waals surface area contributed by atoms with Crippen LogP contribution in [0.5, 0.6) is 0 Å². The van der Waals surface area contributed by atoms with Crippen LogP contribution in [-0.2, 0) is 4.79 Å². The molecule has 5 heteroatoms. The van der Waals surface area contributed by atoms with Gasteiger partial charge in [-0.05, 0) is 43.5 Å². The van der Waals surface area contributed by atoms with E-state index in [4.69, 9.17) is 11.6 Å². The number of aryl methyl sites for hydroxylation is 1. The number of amides is 1. The van der Waals surface area contributed by atoms with E-state index < -0.39 is 0 Å². The van der Waals surface area contributed by atoms with E-state index in [1.165, 1.54) is 12.6 Å². The van der Waals surface area contributed by atoms with Crippen LogP contribution in [-0.4, -0.2) is 11.9 Å². The van der Waals surface area contributed by atoms with E-state index in [1.54, 1.807) is 6.07 Å². The average Bonchev–Trinajstić information content (AvgIpc) is 2.50. The zero-order chi connectivity index (χ0) is 15.9. The predicted molar refractivity (Wildman–Crippen MR) is 88.5 cm³/mol. The number of nitrogens with zero attached hydrogens (tertiary/aromatic N) is 1. The van der Waals surface area contributed by atoms with Crippen molar-refractivity contribution in [2.75, 3.05) is 5.32 Å². The van der Waals surface area contributed by atoms with Crippen molar-refractivity contribution in [3.05, 3.63) is 40.6 Å². The van der Waals surface area contributed by atoms with Crippen LogP contribution in [0, 0.1) is 18.3 Å². The van der Waals surface area contributed by atoms with E-state index in [2.05, 4.69) is 10.6 Å². The van der Waals surface area contributed by atoms with Crippen molar-refractivity contribution in [2.24, 2.45) is 0 Å². The Hall–Kier alpha value is -1.99. The maximum atomic E-state index is 12.1. The molecule has 1 fully saturated rings. The van der Waals surface area contributed by atoms with Crippen molar-refractivity contribution in [1.29, 1.82) is 5.26 Å². The Morgan fingerprint density at radius 2 is 2.09 bits per heavy atom. The quantitative estimate of drug-likeness (QED) is 0.653. The number of hydrogen-bond donors (Lipinski definition) is 2. The number of rotatable bonds is 4. The smallest absolute Gasteiger partial charge is 0.263 e. The van der Waals surface area contributed by atoms with Crippen molar-refractivity contribution < 1.29 is 4.79 Å². The van der Waals surface area contributed by atoms with Gasteiger partial charge in [0.2, 0.25) is 0 Å². The molecule has 1 aliphatic rings. The fourth-order valence-corrected chi connectivity index (χ4v) is 2.82. The molecule has 116 valence electrons. The standard InChI is InChI=1S/C17H20ClN3O/c1-12-9-14(18)7-8-16(12)20-11-13(10-19)17(22)21-15-5-3-2-4-6-15/h7-9,11,15,20H,2-6H2,1H3,(H,21,22)/b13-11-. The number of benzene rings is 1. The number of carbonyl (C=O) groups excluding carboxylic acids is 1. The zero-order valence-corrected chi connectivity index (χ0v) is 13.4. The van der Waals surface area contributed by atoms with E-state index >= 15 is 0 Å². The monoisotopic (exact) mass is 317 g/mol. The van der Waals surface area contributed by atoms with E-state index in [1.807, 2.05) is 25.1 Å². The number of nitriles is 1. The molecule has 22 heavy (non-hydrogen) atoms. The van der Waals surface area contributed by atoms with Gasteiger partial charge in [-0.25, -0.2) is 0 Å². The molecule has 1 aromatic carbocycles. The summed E-state index contributed by atoms with van der Waals surface area (Å²) in [5.74, 6) is -0.312. The summed E-state index contributed by atoms with van der Waals surface area (Å²) in [5, 5.41) is 15.8. The Bertz CT molecular complexity index is 613.